The lowest BCUT2D eigenvalue weighted by Gasteiger charge is -2.41. The van der Waals surface area contributed by atoms with Gasteiger partial charge in [0.05, 0.1) is 7.11 Å². The minimum absolute atomic E-state index is 0.00519. The molecule has 1 unspecified atom stereocenters. The first kappa shape index (κ1) is 18.7. The van der Waals surface area contributed by atoms with Gasteiger partial charge in [0.15, 0.2) is 0 Å². The Morgan fingerprint density at radius 3 is 2.17 bits per heavy atom. The van der Waals surface area contributed by atoms with Gasteiger partial charge in [0.2, 0.25) is 5.91 Å². The molecule has 1 atom stereocenters. The van der Waals surface area contributed by atoms with Crippen molar-refractivity contribution < 1.29 is 14.3 Å². The fourth-order valence-corrected chi connectivity index (χ4v) is 3.72. The highest BCUT2D eigenvalue weighted by atomic mass is 16.5. The number of carbonyl (C=O) groups is 2. The first-order valence-corrected chi connectivity index (χ1v) is 9.48. The SMILES string of the molecule is COc1ccc(C2C(=O)N(c3ccccc3C)CC(=O)N2c2ccccc2)cc1. The zero-order chi connectivity index (χ0) is 20.4. The van der Waals surface area contributed by atoms with E-state index < -0.39 is 6.04 Å². The Morgan fingerprint density at radius 2 is 1.52 bits per heavy atom. The molecule has 0 aromatic heterocycles. The molecule has 0 N–H and O–H groups in total. The van der Waals surface area contributed by atoms with Crippen LogP contribution in [0.4, 0.5) is 11.4 Å². The molecule has 1 aliphatic heterocycles. The van der Waals surface area contributed by atoms with Crippen LogP contribution in [0.5, 0.6) is 5.75 Å². The number of nitrogens with zero attached hydrogens (tertiary/aromatic N) is 2. The summed E-state index contributed by atoms with van der Waals surface area (Å²) >= 11 is 0. The predicted molar refractivity (Wildman–Crippen MR) is 113 cm³/mol. The molecule has 0 spiro atoms. The van der Waals surface area contributed by atoms with Gasteiger partial charge < -0.3 is 9.64 Å². The van der Waals surface area contributed by atoms with Crippen molar-refractivity contribution in [1.82, 2.24) is 0 Å². The van der Waals surface area contributed by atoms with Crippen molar-refractivity contribution in [2.24, 2.45) is 0 Å². The molecular weight excluding hydrogens is 364 g/mol. The van der Waals surface area contributed by atoms with Crippen LogP contribution < -0.4 is 14.5 Å². The molecule has 4 rings (SSSR count). The number of amides is 2. The van der Waals surface area contributed by atoms with E-state index >= 15 is 0 Å². The molecule has 3 aromatic carbocycles. The summed E-state index contributed by atoms with van der Waals surface area (Å²) in [7, 11) is 1.60. The summed E-state index contributed by atoms with van der Waals surface area (Å²) in [6.07, 6.45) is 0. The van der Waals surface area contributed by atoms with Crippen LogP contribution in [0.25, 0.3) is 0 Å². The summed E-state index contributed by atoms with van der Waals surface area (Å²) < 4.78 is 5.25. The zero-order valence-electron chi connectivity index (χ0n) is 16.4. The molecule has 1 aliphatic rings. The van der Waals surface area contributed by atoms with Gasteiger partial charge in [0.25, 0.3) is 5.91 Å². The Morgan fingerprint density at radius 1 is 0.862 bits per heavy atom. The predicted octanol–water partition coefficient (Wildman–Crippen LogP) is 4.12. The minimum atomic E-state index is -0.746. The maximum atomic E-state index is 13.7. The van der Waals surface area contributed by atoms with E-state index in [0.29, 0.717) is 11.4 Å². The number of piperazine rings is 1. The molecule has 5 nitrogen and oxygen atoms in total. The van der Waals surface area contributed by atoms with Crippen LogP contribution in [0.3, 0.4) is 0 Å². The van der Waals surface area contributed by atoms with Gasteiger partial charge in [-0.1, -0.05) is 48.5 Å². The summed E-state index contributed by atoms with van der Waals surface area (Å²) in [4.78, 5) is 30.1. The lowest BCUT2D eigenvalue weighted by molar-refractivity contribution is -0.128. The lowest BCUT2D eigenvalue weighted by atomic mass is 9.98. The molecule has 5 heteroatoms. The second-order valence-electron chi connectivity index (χ2n) is 6.99. The number of benzene rings is 3. The normalized spacial score (nSPS) is 16.8. The first-order valence-electron chi connectivity index (χ1n) is 9.48. The highest BCUT2D eigenvalue weighted by molar-refractivity contribution is 6.14. The average molecular weight is 386 g/mol. The molecule has 0 aliphatic carbocycles. The van der Waals surface area contributed by atoms with Crippen LogP contribution in [-0.4, -0.2) is 25.5 Å². The summed E-state index contributed by atoms with van der Waals surface area (Å²) in [5.74, 6) is 0.443. The van der Waals surface area contributed by atoms with Gasteiger partial charge >= 0.3 is 0 Å². The van der Waals surface area contributed by atoms with E-state index in [0.717, 1.165) is 16.8 Å². The van der Waals surface area contributed by atoms with Crippen LogP contribution in [0.1, 0.15) is 17.2 Å². The summed E-state index contributed by atoms with van der Waals surface area (Å²) in [6, 6.07) is 23.5. The zero-order valence-corrected chi connectivity index (χ0v) is 16.4. The van der Waals surface area contributed by atoms with Gasteiger partial charge in [-0.25, -0.2) is 0 Å². The molecule has 0 radical (unpaired) electrons. The second-order valence-corrected chi connectivity index (χ2v) is 6.99. The molecule has 1 fully saturated rings. The van der Waals surface area contributed by atoms with Gasteiger partial charge in [-0.3, -0.25) is 14.5 Å². The standard InChI is InChI=1S/C24H22N2O3/c1-17-8-6-7-11-21(17)25-16-22(27)26(19-9-4-3-5-10-19)23(24(25)28)18-12-14-20(29-2)15-13-18/h3-15,23H,16H2,1-2H3. The smallest absolute Gasteiger partial charge is 0.255 e. The highest BCUT2D eigenvalue weighted by Gasteiger charge is 2.42. The number of ether oxygens (including phenoxy) is 1. The van der Waals surface area contributed by atoms with Gasteiger partial charge in [0, 0.05) is 11.4 Å². The van der Waals surface area contributed by atoms with Crippen molar-refractivity contribution in [3.8, 4) is 5.75 Å². The number of hydrogen-bond acceptors (Lipinski definition) is 3. The van der Waals surface area contributed by atoms with Crippen molar-refractivity contribution in [1.29, 1.82) is 0 Å². The number of hydrogen-bond donors (Lipinski definition) is 0. The van der Waals surface area contributed by atoms with Gasteiger partial charge in [-0.15, -0.1) is 0 Å². The van der Waals surface area contributed by atoms with Crippen LogP contribution in [0.2, 0.25) is 0 Å². The van der Waals surface area contributed by atoms with E-state index in [9.17, 15) is 9.59 Å². The van der Waals surface area contributed by atoms with Gasteiger partial charge in [0.1, 0.15) is 18.3 Å². The van der Waals surface area contributed by atoms with Crippen LogP contribution in [0.15, 0.2) is 78.9 Å². The van der Waals surface area contributed by atoms with E-state index in [-0.39, 0.29) is 18.4 Å². The highest BCUT2D eigenvalue weighted by Crippen LogP contribution is 2.35. The van der Waals surface area contributed by atoms with E-state index in [1.807, 2.05) is 85.8 Å². The average Bonchev–Trinajstić information content (AvgIpc) is 2.76. The second kappa shape index (κ2) is 7.80. The molecule has 2 amide bonds. The first-order chi connectivity index (χ1) is 14.1. The van der Waals surface area contributed by atoms with E-state index in [4.69, 9.17) is 4.74 Å². The maximum Gasteiger partial charge on any atom is 0.255 e. The van der Waals surface area contributed by atoms with Crippen molar-refractivity contribution in [2.75, 3.05) is 23.5 Å². The molecule has 3 aromatic rings. The van der Waals surface area contributed by atoms with E-state index in [2.05, 4.69) is 0 Å². The lowest BCUT2D eigenvalue weighted by Crippen LogP contribution is -2.56. The van der Waals surface area contributed by atoms with Crippen LogP contribution in [0, 0.1) is 6.92 Å². The molecular formula is C24H22N2O3. The van der Waals surface area contributed by atoms with Crippen LogP contribution >= 0.6 is 0 Å². The quantitative estimate of drug-likeness (QED) is 0.678. The number of para-hydroxylation sites is 2. The number of anilines is 2. The third-order valence-corrected chi connectivity index (χ3v) is 5.19. The topological polar surface area (TPSA) is 49.9 Å². The number of aryl methyl sites for hydroxylation is 1. The molecule has 146 valence electrons. The van der Waals surface area contributed by atoms with E-state index in [1.54, 1.807) is 16.9 Å². The third-order valence-electron chi connectivity index (χ3n) is 5.19. The summed E-state index contributed by atoms with van der Waals surface area (Å²) in [5, 5.41) is 0. The minimum Gasteiger partial charge on any atom is -0.497 e. The summed E-state index contributed by atoms with van der Waals surface area (Å²) in [5.41, 5.74) is 3.16. The van der Waals surface area contributed by atoms with Crippen molar-refractivity contribution in [3.63, 3.8) is 0 Å². The molecule has 0 saturated carbocycles. The number of rotatable bonds is 4. The number of carbonyl (C=O) groups excluding carboxylic acids is 2. The van der Waals surface area contributed by atoms with Crippen LogP contribution in [-0.2, 0) is 9.59 Å². The van der Waals surface area contributed by atoms with Gasteiger partial charge in [-0.2, -0.15) is 0 Å². The monoisotopic (exact) mass is 386 g/mol. The third kappa shape index (κ3) is 3.47. The van der Waals surface area contributed by atoms with Crippen molar-refractivity contribution >= 4 is 23.2 Å². The molecule has 0 bridgehead atoms. The van der Waals surface area contributed by atoms with Crippen molar-refractivity contribution in [3.05, 3.63) is 90.0 Å². The Hall–Kier alpha value is -3.60. The Kier molecular flexibility index (Phi) is 5.04. The Bertz CT molecular complexity index is 1030. The maximum absolute atomic E-state index is 13.7. The van der Waals surface area contributed by atoms with E-state index in [1.165, 1.54) is 0 Å². The fraction of sp³-hybridized carbons (Fsp3) is 0.167. The van der Waals surface area contributed by atoms with Gasteiger partial charge in [-0.05, 0) is 48.4 Å². The Balaban J connectivity index is 1.82. The fourth-order valence-electron chi connectivity index (χ4n) is 3.72. The molecule has 29 heavy (non-hydrogen) atoms. The molecule has 1 saturated heterocycles. The summed E-state index contributed by atoms with van der Waals surface area (Å²) in [6.45, 7) is 1.95. The largest absolute Gasteiger partial charge is 0.497 e. The molecule has 1 heterocycles. The number of methoxy groups -OCH3 is 1. The van der Waals surface area contributed by atoms with Crippen molar-refractivity contribution in [2.45, 2.75) is 13.0 Å². The Labute approximate surface area is 170 Å².